The van der Waals surface area contributed by atoms with E-state index >= 15 is 0 Å². The van der Waals surface area contributed by atoms with Crippen molar-refractivity contribution in [3.8, 4) is 0 Å². The highest BCUT2D eigenvalue weighted by Crippen LogP contribution is 2.19. The summed E-state index contributed by atoms with van der Waals surface area (Å²) in [6, 6.07) is 0.352. The van der Waals surface area contributed by atoms with Gasteiger partial charge in [0.2, 0.25) is 0 Å². The maximum absolute atomic E-state index is 9.76. The van der Waals surface area contributed by atoms with Crippen LogP contribution in [0.15, 0.2) is 0 Å². The maximum Gasteiger partial charge on any atom is 0.0693 e. The molecule has 84 valence electrons. The molecule has 2 nitrogen and oxygen atoms in total. The molecule has 1 rings (SSSR count). The molecule has 14 heavy (non-hydrogen) atoms. The van der Waals surface area contributed by atoms with Crippen molar-refractivity contribution in [1.29, 1.82) is 0 Å². The first-order valence-corrected chi connectivity index (χ1v) is 6.02. The van der Waals surface area contributed by atoms with E-state index < -0.39 is 0 Å². The van der Waals surface area contributed by atoms with E-state index in [1.165, 1.54) is 12.8 Å². The van der Waals surface area contributed by atoms with E-state index in [2.05, 4.69) is 26.1 Å². The van der Waals surface area contributed by atoms with Crippen LogP contribution in [-0.4, -0.2) is 23.8 Å². The lowest BCUT2D eigenvalue weighted by Gasteiger charge is -2.30. The van der Waals surface area contributed by atoms with Crippen LogP contribution in [-0.2, 0) is 0 Å². The van der Waals surface area contributed by atoms with Crippen LogP contribution < -0.4 is 5.32 Å². The van der Waals surface area contributed by atoms with Crippen LogP contribution in [0.4, 0.5) is 0 Å². The summed E-state index contributed by atoms with van der Waals surface area (Å²) in [5, 5.41) is 13.3. The highest BCUT2D eigenvalue weighted by Gasteiger charge is 2.22. The van der Waals surface area contributed by atoms with Gasteiger partial charge in [0.05, 0.1) is 6.10 Å². The van der Waals surface area contributed by atoms with Gasteiger partial charge in [-0.3, -0.25) is 0 Å². The van der Waals surface area contributed by atoms with Gasteiger partial charge in [-0.15, -0.1) is 0 Å². The summed E-state index contributed by atoms with van der Waals surface area (Å²) in [6.45, 7) is 7.82. The van der Waals surface area contributed by atoms with Crippen molar-refractivity contribution in [2.75, 3.05) is 6.54 Å². The molecule has 3 atom stereocenters. The molecule has 0 spiro atoms. The second kappa shape index (κ2) is 5.72. The van der Waals surface area contributed by atoms with Crippen molar-refractivity contribution < 1.29 is 5.11 Å². The first-order valence-electron chi connectivity index (χ1n) is 6.02. The zero-order chi connectivity index (χ0) is 10.6. The molecular formula is C12H25NO. The summed E-state index contributed by atoms with van der Waals surface area (Å²) in [5.41, 5.74) is 0. The number of hydrogen-bond donors (Lipinski definition) is 2. The molecule has 2 heteroatoms. The highest BCUT2D eigenvalue weighted by atomic mass is 16.3. The van der Waals surface area contributed by atoms with Crippen LogP contribution in [0.5, 0.6) is 0 Å². The van der Waals surface area contributed by atoms with Gasteiger partial charge in [-0.1, -0.05) is 33.6 Å². The summed E-state index contributed by atoms with van der Waals surface area (Å²) in [7, 11) is 0. The summed E-state index contributed by atoms with van der Waals surface area (Å²) in [4.78, 5) is 0. The van der Waals surface area contributed by atoms with Crippen LogP contribution in [0.2, 0.25) is 0 Å². The number of hydrogen-bond acceptors (Lipinski definition) is 2. The Morgan fingerprint density at radius 2 is 1.86 bits per heavy atom. The van der Waals surface area contributed by atoms with Gasteiger partial charge in [0.1, 0.15) is 0 Å². The van der Waals surface area contributed by atoms with Crippen LogP contribution in [0.3, 0.4) is 0 Å². The highest BCUT2D eigenvalue weighted by molar-refractivity contribution is 4.80. The van der Waals surface area contributed by atoms with E-state index in [9.17, 15) is 5.11 Å². The van der Waals surface area contributed by atoms with Gasteiger partial charge in [-0.25, -0.2) is 0 Å². The van der Waals surface area contributed by atoms with E-state index in [-0.39, 0.29) is 6.10 Å². The standard InChI is InChI=1S/C12H25NO/c1-9(2)10(3)8-13-11-6-4-5-7-12(11)14/h9-14H,4-8H2,1-3H3. The molecule has 0 aromatic rings. The molecule has 2 N–H and O–H groups in total. The largest absolute Gasteiger partial charge is 0.392 e. The second-order valence-electron chi connectivity index (χ2n) is 5.09. The molecule has 3 unspecified atom stereocenters. The zero-order valence-electron chi connectivity index (χ0n) is 9.79. The average Bonchev–Trinajstić information content (AvgIpc) is 2.16. The normalized spacial score (nSPS) is 30.6. The molecule has 1 fully saturated rings. The third-order valence-electron chi connectivity index (χ3n) is 3.57. The Morgan fingerprint density at radius 3 is 2.43 bits per heavy atom. The van der Waals surface area contributed by atoms with Crippen molar-refractivity contribution in [3.63, 3.8) is 0 Å². The lowest BCUT2D eigenvalue weighted by molar-refractivity contribution is 0.0880. The average molecular weight is 199 g/mol. The lowest BCUT2D eigenvalue weighted by atomic mass is 9.91. The lowest BCUT2D eigenvalue weighted by Crippen LogP contribution is -2.44. The molecule has 0 aromatic heterocycles. The summed E-state index contributed by atoms with van der Waals surface area (Å²) in [6.07, 6.45) is 4.48. The number of rotatable bonds is 4. The third-order valence-corrected chi connectivity index (χ3v) is 3.57. The van der Waals surface area contributed by atoms with E-state index in [0.717, 1.165) is 25.3 Å². The van der Waals surface area contributed by atoms with E-state index in [1.54, 1.807) is 0 Å². The topological polar surface area (TPSA) is 32.3 Å². The number of nitrogens with one attached hydrogen (secondary N) is 1. The zero-order valence-corrected chi connectivity index (χ0v) is 9.79. The Balaban J connectivity index is 2.22. The van der Waals surface area contributed by atoms with E-state index in [1.807, 2.05) is 0 Å². The van der Waals surface area contributed by atoms with Gasteiger partial charge in [-0.2, -0.15) is 0 Å². The Kier molecular flexibility index (Phi) is 4.90. The van der Waals surface area contributed by atoms with Crippen molar-refractivity contribution in [3.05, 3.63) is 0 Å². The third kappa shape index (κ3) is 3.58. The predicted molar refractivity (Wildman–Crippen MR) is 60.3 cm³/mol. The Hall–Kier alpha value is -0.0800. The van der Waals surface area contributed by atoms with Gasteiger partial charge in [0.25, 0.3) is 0 Å². The summed E-state index contributed by atoms with van der Waals surface area (Å²) >= 11 is 0. The minimum Gasteiger partial charge on any atom is -0.392 e. The fourth-order valence-electron chi connectivity index (χ4n) is 1.92. The molecular weight excluding hydrogens is 174 g/mol. The minimum atomic E-state index is -0.108. The van der Waals surface area contributed by atoms with Gasteiger partial charge < -0.3 is 10.4 Å². The van der Waals surface area contributed by atoms with Crippen LogP contribution in [0.1, 0.15) is 46.5 Å². The fraction of sp³-hybridized carbons (Fsp3) is 1.00. The molecule has 0 heterocycles. The first kappa shape index (κ1) is 12.0. The Labute approximate surface area is 88.1 Å². The molecule has 0 saturated heterocycles. The molecule has 0 radical (unpaired) electrons. The van der Waals surface area contributed by atoms with Crippen molar-refractivity contribution >= 4 is 0 Å². The minimum absolute atomic E-state index is 0.108. The molecule has 1 saturated carbocycles. The second-order valence-corrected chi connectivity index (χ2v) is 5.09. The molecule has 1 aliphatic carbocycles. The van der Waals surface area contributed by atoms with Crippen LogP contribution in [0, 0.1) is 11.8 Å². The Bertz CT molecular complexity index is 158. The van der Waals surface area contributed by atoms with Crippen molar-refractivity contribution in [2.45, 2.75) is 58.6 Å². The fourth-order valence-corrected chi connectivity index (χ4v) is 1.92. The van der Waals surface area contributed by atoms with Crippen LogP contribution >= 0.6 is 0 Å². The van der Waals surface area contributed by atoms with Gasteiger partial charge >= 0.3 is 0 Å². The molecule has 0 amide bonds. The number of aliphatic hydroxyl groups is 1. The van der Waals surface area contributed by atoms with Gasteiger partial charge in [0, 0.05) is 6.04 Å². The summed E-state index contributed by atoms with van der Waals surface area (Å²) in [5.74, 6) is 1.42. The smallest absolute Gasteiger partial charge is 0.0693 e. The maximum atomic E-state index is 9.76. The van der Waals surface area contributed by atoms with Gasteiger partial charge in [-0.05, 0) is 31.2 Å². The van der Waals surface area contributed by atoms with Crippen LogP contribution in [0.25, 0.3) is 0 Å². The quantitative estimate of drug-likeness (QED) is 0.727. The van der Waals surface area contributed by atoms with Crippen molar-refractivity contribution in [1.82, 2.24) is 5.32 Å². The molecule has 0 bridgehead atoms. The molecule has 0 aromatic carbocycles. The van der Waals surface area contributed by atoms with E-state index in [0.29, 0.717) is 12.0 Å². The summed E-state index contributed by atoms with van der Waals surface area (Å²) < 4.78 is 0. The van der Waals surface area contributed by atoms with Gasteiger partial charge in [0.15, 0.2) is 0 Å². The van der Waals surface area contributed by atoms with E-state index in [4.69, 9.17) is 0 Å². The molecule has 1 aliphatic rings. The first-order chi connectivity index (χ1) is 6.61. The monoisotopic (exact) mass is 199 g/mol. The molecule has 0 aliphatic heterocycles. The van der Waals surface area contributed by atoms with Crippen molar-refractivity contribution in [2.24, 2.45) is 11.8 Å². The Morgan fingerprint density at radius 1 is 1.21 bits per heavy atom. The number of aliphatic hydroxyl groups excluding tert-OH is 1. The predicted octanol–water partition coefficient (Wildman–Crippen LogP) is 2.17. The SMILES string of the molecule is CC(C)C(C)CNC1CCCCC1O.